The Morgan fingerprint density at radius 1 is 0.541 bits per heavy atom. The van der Waals surface area contributed by atoms with Gasteiger partial charge in [0, 0.05) is 19.4 Å². The molecule has 6 atom stereocenters. The van der Waals surface area contributed by atoms with Crippen molar-refractivity contribution in [2.75, 3.05) is 19.6 Å². The summed E-state index contributed by atoms with van der Waals surface area (Å²) in [5.74, 6) is -12.9. The topological polar surface area (TPSA) is 440 Å². The van der Waals surface area contributed by atoms with Crippen LogP contribution in [0.3, 0.4) is 0 Å². The standard InChI is InChI=1S/C36H55N11O14/c37-13-5-4-9-20(42-26(48)18-38)30(55)45-23(15-19-7-2-1-3-8-19)33(58)44-22(11-12-27(49)50)32(57)46-24(16-28(51)52)34(59)43-21(10-6-14-41-36(39)40)31(56)47-25(35(60)61)17-29(53)54/h1-3,7-8,20-25H,4-6,9-18,37-38H2,(H,42,48)(H,43,59)(H,44,58)(H,45,55)(H,46,57)(H,47,56)(H,49,50)(H,51,52)(H,53,54)(H,60,61)(H4,39,40,41)/t20-,21-,22-,23-,24-,25-/m0/s1. The predicted molar refractivity (Wildman–Crippen MR) is 213 cm³/mol. The Bertz CT molecular complexity index is 1730. The van der Waals surface area contributed by atoms with Crippen LogP contribution in [-0.4, -0.2) is 142 Å². The molecule has 0 saturated heterocycles. The van der Waals surface area contributed by atoms with Gasteiger partial charge in [0.15, 0.2) is 5.96 Å². The average molecular weight is 866 g/mol. The maximum Gasteiger partial charge on any atom is 0.326 e. The molecule has 0 heterocycles. The predicted octanol–water partition coefficient (Wildman–Crippen LogP) is -4.82. The van der Waals surface area contributed by atoms with E-state index in [-0.39, 0.29) is 38.2 Å². The lowest BCUT2D eigenvalue weighted by Gasteiger charge is -2.27. The fourth-order valence-electron chi connectivity index (χ4n) is 5.50. The van der Waals surface area contributed by atoms with Gasteiger partial charge in [-0.1, -0.05) is 30.3 Å². The van der Waals surface area contributed by atoms with E-state index in [9.17, 15) is 63.3 Å². The van der Waals surface area contributed by atoms with E-state index < -0.39 is 128 Å². The SMILES string of the molecule is NCCCC[C@H](NC(=O)CN)C(=O)N[C@@H](Cc1ccccc1)C(=O)N[C@@H](CCC(=O)O)C(=O)N[C@@H](CC(=O)O)C(=O)N[C@@H](CCCN=C(N)N)C(=O)N[C@@H](CC(=O)O)C(=O)O. The number of rotatable bonds is 30. The van der Waals surface area contributed by atoms with Gasteiger partial charge in [-0.15, -0.1) is 0 Å². The van der Waals surface area contributed by atoms with Crippen molar-refractivity contribution >= 4 is 65.3 Å². The zero-order valence-electron chi connectivity index (χ0n) is 33.2. The normalized spacial score (nSPS) is 13.6. The van der Waals surface area contributed by atoms with E-state index in [1.165, 1.54) is 0 Å². The Morgan fingerprint density at radius 3 is 1.51 bits per heavy atom. The van der Waals surface area contributed by atoms with E-state index >= 15 is 0 Å². The van der Waals surface area contributed by atoms with Crippen molar-refractivity contribution in [1.82, 2.24) is 31.9 Å². The molecule has 1 rings (SSSR count). The van der Waals surface area contributed by atoms with Crippen molar-refractivity contribution in [3.63, 3.8) is 0 Å². The number of nitrogens with two attached hydrogens (primary N) is 4. The second-order valence-corrected chi connectivity index (χ2v) is 13.5. The molecule has 0 radical (unpaired) electrons. The van der Waals surface area contributed by atoms with Gasteiger partial charge in [0.25, 0.3) is 0 Å². The summed E-state index contributed by atoms with van der Waals surface area (Å²) in [4.78, 5) is 130. The molecule has 0 aliphatic rings. The van der Waals surface area contributed by atoms with Crippen molar-refractivity contribution in [2.45, 2.75) is 100 Å². The van der Waals surface area contributed by atoms with E-state index in [1.54, 1.807) is 30.3 Å². The maximum atomic E-state index is 13.9. The summed E-state index contributed by atoms with van der Waals surface area (Å²) in [6.45, 7) is -0.241. The van der Waals surface area contributed by atoms with E-state index in [1.807, 2.05) is 5.32 Å². The second-order valence-electron chi connectivity index (χ2n) is 13.5. The van der Waals surface area contributed by atoms with E-state index in [2.05, 4.69) is 31.6 Å². The molecule has 18 N–H and O–H groups in total. The molecule has 0 aliphatic carbocycles. The third kappa shape index (κ3) is 21.6. The molecular weight excluding hydrogens is 810 g/mol. The molecule has 25 heteroatoms. The van der Waals surface area contributed by atoms with Crippen LogP contribution in [0.1, 0.15) is 63.4 Å². The van der Waals surface area contributed by atoms with Gasteiger partial charge in [0.2, 0.25) is 35.4 Å². The molecule has 61 heavy (non-hydrogen) atoms. The third-order valence-corrected chi connectivity index (χ3v) is 8.56. The van der Waals surface area contributed by atoms with Gasteiger partial charge in [-0.25, -0.2) is 4.79 Å². The van der Waals surface area contributed by atoms with Crippen molar-refractivity contribution < 1.29 is 68.4 Å². The summed E-state index contributed by atoms with van der Waals surface area (Å²) in [6.07, 6.45) is -2.97. The first-order valence-electron chi connectivity index (χ1n) is 19.0. The number of carbonyl (C=O) groups is 10. The summed E-state index contributed by atoms with van der Waals surface area (Å²) in [5, 5.41) is 51.2. The fraction of sp³-hybridized carbons (Fsp3) is 0.528. The quantitative estimate of drug-likeness (QED) is 0.0196. The van der Waals surface area contributed by atoms with Gasteiger partial charge in [-0.2, -0.15) is 0 Å². The van der Waals surface area contributed by atoms with Gasteiger partial charge in [0.1, 0.15) is 36.3 Å². The highest BCUT2D eigenvalue weighted by Gasteiger charge is 2.34. The molecule has 0 aromatic heterocycles. The molecular formula is C36H55N11O14. The second kappa shape index (κ2) is 27.7. The fourth-order valence-corrected chi connectivity index (χ4v) is 5.50. The maximum absolute atomic E-state index is 13.9. The molecule has 25 nitrogen and oxygen atoms in total. The van der Waals surface area contributed by atoms with Gasteiger partial charge in [-0.05, 0) is 50.6 Å². The van der Waals surface area contributed by atoms with Crippen LogP contribution in [0.4, 0.5) is 0 Å². The molecule has 1 aromatic carbocycles. The number of nitrogens with one attached hydrogen (secondary N) is 6. The number of amides is 6. The highest BCUT2D eigenvalue weighted by atomic mass is 16.4. The number of aliphatic carboxylic acids is 4. The van der Waals surface area contributed by atoms with Crippen LogP contribution < -0.4 is 54.8 Å². The lowest BCUT2D eigenvalue weighted by Crippen LogP contribution is -2.60. The molecule has 338 valence electrons. The molecule has 0 saturated carbocycles. The Labute approximate surface area is 349 Å². The number of carboxylic acid groups (broad SMARTS) is 4. The summed E-state index contributed by atoms with van der Waals surface area (Å²) in [6, 6.07) is -1.73. The Kier molecular flexibility index (Phi) is 23.7. The Morgan fingerprint density at radius 2 is 1.00 bits per heavy atom. The molecule has 0 bridgehead atoms. The largest absolute Gasteiger partial charge is 0.481 e. The molecule has 0 unspecified atom stereocenters. The highest BCUT2D eigenvalue weighted by Crippen LogP contribution is 2.10. The van der Waals surface area contributed by atoms with Crippen LogP contribution >= 0.6 is 0 Å². The van der Waals surface area contributed by atoms with E-state index in [0.717, 1.165) is 0 Å². The zero-order chi connectivity index (χ0) is 46.1. The number of nitrogens with zero attached hydrogens (tertiary/aromatic N) is 1. The molecule has 0 spiro atoms. The Balaban J connectivity index is 3.49. The van der Waals surface area contributed by atoms with Crippen molar-refractivity contribution in [3.8, 4) is 0 Å². The van der Waals surface area contributed by atoms with Gasteiger partial charge >= 0.3 is 23.9 Å². The van der Waals surface area contributed by atoms with E-state index in [4.69, 9.17) is 28.0 Å². The molecule has 0 aliphatic heterocycles. The number of hydrogen-bond acceptors (Lipinski definition) is 13. The van der Waals surface area contributed by atoms with Crippen molar-refractivity contribution in [2.24, 2.45) is 27.9 Å². The first-order valence-corrected chi connectivity index (χ1v) is 19.0. The average Bonchev–Trinajstić information content (AvgIpc) is 3.18. The number of unbranched alkanes of at least 4 members (excludes halogenated alkanes) is 1. The minimum Gasteiger partial charge on any atom is -0.481 e. The lowest BCUT2D eigenvalue weighted by molar-refractivity contribution is -0.147. The summed E-state index contributed by atoms with van der Waals surface area (Å²) in [5.41, 5.74) is 22.1. The van der Waals surface area contributed by atoms with Crippen LogP contribution in [0.5, 0.6) is 0 Å². The number of carbonyl (C=O) groups excluding carboxylic acids is 6. The number of hydrogen-bond donors (Lipinski definition) is 14. The first kappa shape index (κ1) is 52.1. The van der Waals surface area contributed by atoms with Crippen LogP contribution in [-0.2, 0) is 54.4 Å². The van der Waals surface area contributed by atoms with Crippen LogP contribution in [0.2, 0.25) is 0 Å². The molecule has 1 aromatic rings. The number of benzene rings is 1. The zero-order valence-corrected chi connectivity index (χ0v) is 33.2. The Hall–Kier alpha value is -6.89. The van der Waals surface area contributed by atoms with Crippen molar-refractivity contribution in [1.29, 1.82) is 0 Å². The van der Waals surface area contributed by atoms with Crippen LogP contribution in [0.15, 0.2) is 35.3 Å². The van der Waals surface area contributed by atoms with Gasteiger partial charge < -0.3 is 75.3 Å². The highest BCUT2D eigenvalue weighted by molar-refractivity contribution is 5.98. The van der Waals surface area contributed by atoms with Crippen LogP contribution in [0, 0.1) is 0 Å². The minimum atomic E-state index is -2.00. The number of aliphatic imine (C=N–C) groups is 1. The summed E-state index contributed by atoms with van der Waals surface area (Å²) < 4.78 is 0. The first-order chi connectivity index (χ1) is 28.8. The summed E-state index contributed by atoms with van der Waals surface area (Å²) >= 11 is 0. The van der Waals surface area contributed by atoms with Gasteiger partial charge in [-0.3, -0.25) is 48.1 Å². The number of guanidine groups is 1. The third-order valence-electron chi connectivity index (χ3n) is 8.56. The number of carboxylic acids is 4. The van der Waals surface area contributed by atoms with Gasteiger partial charge in [0.05, 0.1) is 19.4 Å². The van der Waals surface area contributed by atoms with Crippen LogP contribution in [0.25, 0.3) is 0 Å². The van der Waals surface area contributed by atoms with E-state index in [0.29, 0.717) is 24.9 Å². The minimum absolute atomic E-state index is 0.0271. The lowest BCUT2D eigenvalue weighted by atomic mass is 10.0. The molecule has 0 fully saturated rings. The van der Waals surface area contributed by atoms with Crippen molar-refractivity contribution in [3.05, 3.63) is 35.9 Å². The monoisotopic (exact) mass is 865 g/mol. The summed E-state index contributed by atoms with van der Waals surface area (Å²) in [7, 11) is 0. The molecule has 6 amide bonds. The smallest absolute Gasteiger partial charge is 0.326 e.